The van der Waals surface area contributed by atoms with Crippen LogP contribution in [0.1, 0.15) is 17.0 Å². The van der Waals surface area contributed by atoms with E-state index in [1.807, 2.05) is 54.6 Å². The summed E-state index contributed by atoms with van der Waals surface area (Å²) in [5, 5.41) is 3.61. The summed E-state index contributed by atoms with van der Waals surface area (Å²) in [5.41, 5.74) is 3.56. The third-order valence-corrected chi connectivity index (χ3v) is 5.50. The fraction of sp³-hybridized carbons (Fsp3) is 0.174. The molecule has 0 unspecified atom stereocenters. The minimum atomic E-state index is -0.0845. The van der Waals surface area contributed by atoms with Crippen molar-refractivity contribution in [2.24, 2.45) is 0 Å². The van der Waals surface area contributed by atoms with Gasteiger partial charge in [-0.05, 0) is 42.0 Å². The summed E-state index contributed by atoms with van der Waals surface area (Å²) < 4.78 is 10.6. The number of thioether (sulfide) groups is 1. The molecule has 2 heterocycles. The van der Waals surface area contributed by atoms with Crippen LogP contribution in [0.25, 0.3) is 11.0 Å². The van der Waals surface area contributed by atoms with E-state index in [1.165, 1.54) is 11.8 Å². The second-order valence-corrected chi connectivity index (χ2v) is 7.60. The van der Waals surface area contributed by atoms with Gasteiger partial charge >= 0.3 is 0 Å². The van der Waals surface area contributed by atoms with Crippen LogP contribution in [0.15, 0.2) is 76.4 Å². The van der Waals surface area contributed by atoms with Crippen molar-refractivity contribution < 1.29 is 13.9 Å². The minimum absolute atomic E-state index is 0.0845. The molecule has 0 spiro atoms. The molecule has 2 aromatic heterocycles. The highest BCUT2D eigenvalue weighted by Crippen LogP contribution is 2.25. The number of carbonyl (C=O) groups excluding carboxylic acids is 1. The predicted octanol–water partition coefficient (Wildman–Crippen LogP) is 4.23. The minimum Gasteiger partial charge on any atom is -0.497 e. The molecule has 1 N–H and O–H groups in total. The number of fused-ring (bicyclic) bond motifs is 1. The average molecular weight is 420 g/mol. The van der Waals surface area contributed by atoms with Crippen molar-refractivity contribution in [2.45, 2.75) is 18.0 Å². The first kappa shape index (κ1) is 20.0. The molecular weight excluding hydrogens is 398 g/mol. The number of carbonyl (C=O) groups is 1. The number of furan rings is 1. The van der Waals surface area contributed by atoms with Crippen molar-refractivity contribution in [3.8, 4) is 5.75 Å². The molecular formula is C23H21N3O3S. The van der Waals surface area contributed by atoms with Crippen molar-refractivity contribution >= 4 is 28.7 Å². The third-order valence-electron chi connectivity index (χ3n) is 4.49. The van der Waals surface area contributed by atoms with Gasteiger partial charge in [0.1, 0.15) is 16.5 Å². The van der Waals surface area contributed by atoms with Crippen LogP contribution in [-0.2, 0) is 17.8 Å². The van der Waals surface area contributed by atoms with Crippen LogP contribution in [0.5, 0.6) is 5.75 Å². The number of aromatic nitrogens is 2. The zero-order valence-corrected chi connectivity index (χ0v) is 17.3. The Bertz CT molecular complexity index is 1150. The van der Waals surface area contributed by atoms with E-state index in [4.69, 9.17) is 19.1 Å². The van der Waals surface area contributed by atoms with Gasteiger partial charge in [0.25, 0.3) is 0 Å². The molecule has 152 valence electrons. The van der Waals surface area contributed by atoms with Crippen LogP contribution >= 0.6 is 11.8 Å². The van der Waals surface area contributed by atoms with Gasteiger partial charge in [-0.3, -0.25) is 4.79 Å². The molecule has 4 rings (SSSR count). The molecule has 7 heteroatoms. The highest BCUT2D eigenvalue weighted by Gasteiger charge is 2.13. The number of nitrogens with one attached hydrogen (secondary N) is 1. The molecule has 0 saturated carbocycles. The fourth-order valence-corrected chi connectivity index (χ4v) is 3.83. The fourth-order valence-electron chi connectivity index (χ4n) is 3.01. The van der Waals surface area contributed by atoms with Crippen LogP contribution in [0.2, 0.25) is 0 Å². The van der Waals surface area contributed by atoms with Gasteiger partial charge in [0.05, 0.1) is 42.4 Å². The van der Waals surface area contributed by atoms with Gasteiger partial charge in [0.2, 0.25) is 5.91 Å². The highest BCUT2D eigenvalue weighted by molar-refractivity contribution is 7.99. The Labute approximate surface area is 178 Å². The number of hydrogen-bond donors (Lipinski definition) is 1. The molecule has 0 aliphatic heterocycles. The van der Waals surface area contributed by atoms with Gasteiger partial charge in [0, 0.05) is 6.42 Å². The van der Waals surface area contributed by atoms with E-state index < -0.39 is 0 Å². The van der Waals surface area contributed by atoms with Crippen molar-refractivity contribution in [1.82, 2.24) is 15.3 Å². The Morgan fingerprint density at radius 3 is 2.67 bits per heavy atom. The molecule has 0 aliphatic rings. The first-order valence-corrected chi connectivity index (χ1v) is 10.5. The molecule has 0 atom stereocenters. The number of ether oxygens (including phenoxy) is 1. The monoisotopic (exact) mass is 419 g/mol. The maximum absolute atomic E-state index is 12.3. The number of hydrogen-bond acceptors (Lipinski definition) is 6. The van der Waals surface area contributed by atoms with E-state index >= 15 is 0 Å². The molecule has 0 aliphatic carbocycles. The molecule has 0 bridgehead atoms. The summed E-state index contributed by atoms with van der Waals surface area (Å²) in [6.45, 7) is 0.368. The Kier molecular flexibility index (Phi) is 6.29. The second-order valence-electron chi connectivity index (χ2n) is 6.64. The summed E-state index contributed by atoms with van der Waals surface area (Å²) in [4.78, 5) is 21.9. The normalized spacial score (nSPS) is 10.8. The van der Waals surface area contributed by atoms with Crippen LogP contribution < -0.4 is 10.1 Å². The Balaban J connectivity index is 1.52. The SMILES string of the molecule is COc1cccc(Cc2nc3ccccc3nc2SCC(=O)NCc2ccco2)c1. The summed E-state index contributed by atoms with van der Waals surface area (Å²) in [6.07, 6.45) is 2.19. The Hall–Kier alpha value is -3.32. The zero-order chi connectivity index (χ0) is 20.8. The molecule has 30 heavy (non-hydrogen) atoms. The van der Waals surface area contributed by atoms with Crippen molar-refractivity contribution in [3.05, 3.63) is 83.9 Å². The summed E-state index contributed by atoms with van der Waals surface area (Å²) in [7, 11) is 1.65. The van der Waals surface area contributed by atoms with Crippen molar-refractivity contribution in [3.63, 3.8) is 0 Å². The quantitative estimate of drug-likeness (QED) is 0.431. The van der Waals surface area contributed by atoms with E-state index in [-0.39, 0.29) is 11.7 Å². The maximum atomic E-state index is 12.3. The lowest BCUT2D eigenvalue weighted by Gasteiger charge is -2.10. The van der Waals surface area contributed by atoms with Gasteiger partial charge in [-0.15, -0.1) is 0 Å². The molecule has 6 nitrogen and oxygen atoms in total. The van der Waals surface area contributed by atoms with E-state index in [0.717, 1.165) is 38.8 Å². The Morgan fingerprint density at radius 1 is 1.07 bits per heavy atom. The summed E-state index contributed by atoms with van der Waals surface area (Å²) in [5.74, 6) is 1.68. The van der Waals surface area contributed by atoms with Gasteiger partial charge in [-0.25, -0.2) is 9.97 Å². The summed E-state index contributed by atoms with van der Waals surface area (Å²) >= 11 is 1.39. The van der Waals surface area contributed by atoms with Crippen LogP contribution in [-0.4, -0.2) is 28.7 Å². The predicted molar refractivity (Wildman–Crippen MR) is 117 cm³/mol. The van der Waals surface area contributed by atoms with Gasteiger partial charge < -0.3 is 14.5 Å². The topological polar surface area (TPSA) is 77.2 Å². The largest absolute Gasteiger partial charge is 0.497 e. The second kappa shape index (κ2) is 9.45. The number of rotatable bonds is 8. The number of amides is 1. The lowest BCUT2D eigenvalue weighted by molar-refractivity contribution is -0.118. The number of benzene rings is 2. The average Bonchev–Trinajstić information content (AvgIpc) is 3.30. The standard InChI is InChI=1S/C23H21N3O3S/c1-28-17-7-4-6-16(12-17)13-21-23(26-20-10-3-2-9-19(20)25-21)30-15-22(27)24-14-18-8-5-11-29-18/h2-12H,13-15H2,1H3,(H,24,27). The first-order chi connectivity index (χ1) is 14.7. The number of nitrogens with zero attached hydrogens (tertiary/aromatic N) is 2. The lowest BCUT2D eigenvalue weighted by Crippen LogP contribution is -2.24. The molecule has 0 saturated heterocycles. The van der Waals surface area contributed by atoms with E-state index in [9.17, 15) is 4.79 Å². The van der Waals surface area contributed by atoms with Crippen molar-refractivity contribution in [2.75, 3.05) is 12.9 Å². The number of para-hydroxylation sites is 2. The molecule has 0 radical (unpaired) electrons. The van der Waals surface area contributed by atoms with Crippen LogP contribution in [0.3, 0.4) is 0 Å². The van der Waals surface area contributed by atoms with E-state index in [0.29, 0.717) is 13.0 Å². The lowest BCUT2D eigenvalue weighted by atomic mass is 10.1. The van der Waals surface area contributed by atoms with Crippen LogP contribution in [0, 0.1) is 0 Å². The van der Waals surface area contributed by atoms with E-state index in [1.54, 1.807) is 19.4 Å². The summed E-state index contributed by atoms with van der Waals surface area (Å²) in [6, 6.07) is 19.3. The molecule has 0 fully saturated rings. The molecule has 1 amide bonds. The molecule has 2 aromatic carbocycles. The first-order valence-electron chi connectivity index (χ1n) is 9.52. The maximum Gasteiger partial charge on any atom is 0.230 e. The van der Waals surface area contributed by atoms with Crippen molar-refractivity contribution in [1.29, 1.82) is 0 Å². The van der Waals surface area contributed by atoms with Crippen LogP contribution in [0.4, 0.5) is 0 Å². The van der Waals surface area contributed by atoms with Gasteiger partial charge in [-0.1, -0.05) is 36.0 Å². The third kappa shape index (κ3) is 4.99. The Morgan fingerprint density at radius 2 is 1.90 bits per heavy atom. The van der Waals surface area contributed by atoms with E-state index in [2.05, 4.69) is 5.32 Å². The smallest absolute Gasteiger partial charge is 0.230 e. The van der Waals surface area contributed by atoms with Gasteiger partial charge in [-0.2, -0.15) is 0 Å². The molecule has 4 aromatic rings. The zero-order valence-electron chi connectivity index (χ0n) is 16.5. The highest BCUT2D eigenvalue weighted by atomic mass is 32.2. The van der Waals surface area contributed by atoms with Gasteiger partial charge in [0.15, 0.2) is 0 Å². The number of methoxy groups -OCH3 is 1.